The number of aryl methyl sites for hydroxylation is 1. The quantitative estimate of drug-likeness (QED) is 0.874. The molecule has 0 spiro atoms. The van der Waals surface area contributed by atoms with Gasteiger partial charge in [0.2, 0.25) is 5.91 Å². The number of amides is 1. The Morgan fingerprint density at radius 3 is 2.79 bits per heavy atom. The molecule has 0 saturated heterocycles. The molecule has 1 fully saturated rings. The van der Waals surface area contributed by atoms with Gasteiger partial charge in [-0.3, -0.25) is 4.79 Å². The molecule has 1 aromatic carbocycles. The first-order valence-corrected chi connectivity index (χ1v) is 6.55. The van der Waals surface area contributed by atoms with Crippen molar-refractivity contribution in [2.75, 3.05) is 5.32 Å². The summed E-state index contributed by atoms with van der Waals surface area (Å²) in [5.74, 6) is -0.192. The van der Waals surface area contributed by atoms with Crippen LogP contribution in [0.5, 0.6) is 0 Å². The van der Waals surface area contributed by atoms with E-state index in [2.05, 4.69) is 5.32 Å². The van der Waals surface area contributed by atoms with E-state index in [4.69, 9.17) is 5.26 Å². The van der Waals surface area contributed by atoms with E-state index < -0.39 is 5.60 Å². The van der Waals surface area contributed by atoms with Crippen LogP contribution in [0.25, 0.3) is 0 Å². The minimum Gasteiger partial charge on any atom is -0.389 e. The van der Waals surface area contributed by atoms with Gasteiger partial charge >= 0.3 is 0 Å². The van der Waals surface area contributed by atoms with Crippen LogP contribution in [0.1, 0.15) is 43.2 Å². The van der Waals surface area contributed by atoms with Crippen LogP contribution >= 0.6 is 0 Å². The van der Waals surface area contributed by atoms with Gasteiger partial charge in [-0.1, -0.05) is 18.9 Å². The number of nitrogens with one attached hydrogen (secondary N) is 1. The second-order valence-electron chi connectivity index (χ2n) is 5.30. The van der Waals surface area contributed by atoms with Crippen molar-refractivity contribution in [1.82, 2.24) is 0 Å². The number of hydrogen-bond donors (Lipinski definition) is 2. The number of nitriles is 1. The summed E-state index contributed by atoms with van der Waals surface area (Å²) < 4.78 is 0. The van der Waals surface area contributed by atoms with E-state index in [1.54, 1.807) is 18.2 Å². The molecule has 2 N–H and O–H groups in total. The van der Waals surface area contributed by atoms with Crippen molar-refractivity contribution in [1.29, 1.82) is 5.26 Å². The van der Waals surface area contributed by atoms with Gasteiger partial charge in [-0.05, 0) is 37.5 Å². The maximum absolute atomic E-state index is 12.0. The second-order valence-corrected chi connectivity index (χ2v) is 5.30. The summed E-state index contributed by atoms with van der Waals surface area (Å²) in [6, 6.07) is 7.23. The highest BCUT2D eigenvalue weighted by Crippen LogP contribution is 2.32. The molecule has 100 valence electrons. The lowest BCUT2D eigenvalue weighted by molar-refractivity contribution is -0.120. The number of nitrogens with zero attached hydrogens (tertiary/aromatic N) is 1. The third kappa shape index (κ3) is 3.33. The van der Waals surface area contributed by atoms with Crippen molar-refractivity contribution in [3.63, 3.8) is 0 Å². The molecule has 1 aromatic rings. The minimum atomic E-state index is -0.842. The Bertz CT molecular complexity index is 525. The lowest BCUT2D eigenvalue weighted by Crippen LogP contribution is -2.30. The standard InChI is InChI=1S/C15H18N2O2/c1-11-4-5-12(10-16)8-13(11)17-14(18)9-15(19)6-2-3-7-15/h4-5,8,19H,2-3,6-7,9H2,1H3,(H,17,18). The molecule has 4 nitrogen and oxygen atoms in total. The molecule has 0 bridgehead atoms. The van der Waals surface area contributed by atoms with Crippen molar-refractivity contribution in [2.45, 2.75) is 44.6 Å². The second kappa shape index (κ2) is 5.41. The molecule has 19 heavy (non-hydrogen) atoms. The summed E-state index contributed by atoms with van der Waals surface area (Å²) in [7, 11) is 0. The molecule has 0 aliphatic heterocycles. The van der Waals surface area contributed by atoms with Crippen LogP contribution in [0.2, 0.25) is 0 Å². The molecule has 2 rings (SSSR count). The van der Waals surface area contributed by atoms with Crippen LogP contribution < -0.4 is 5.32 Å². The van der Waals surface area contributed by atoms with E-state index in [1.807, 2.05) is 13.0 Å². The Labute approximate surface area is 113 Å². The molecular weight excluding hydrogens is 240 g/mol. The highest BCUT2D eigenvalue weighted by molar-refractivity contribution is 5.92. The fraction of sp³-hybridized carbons (Fsp3) is 0.467. The van der Waals surface area contributed by atoms with Crippen molar-refractivity contribution >= 4 is 11.6 Å². The summed E-state index contributed by atoms with van der Waals surface area (Å²) >= 11 is 0. The number of anilines is 1. The predicted molar refractivity (Wildman–Crippen MR) is 72.6 cm³/mol. The average Bonchev–Trinajstić information content (AvgIpc) is 2.78. The maximum Gasteiger partial charge on any atom is 0.227 e. The third-order valence-corrected chi connectivity index (χ3v) is 3.66. The molecule has 0 radical (unpaired) electrons. The summed E-state index contributed by atoms with van der Waals surface area (Å²) in [4.78, 5) is 12.0. The van der Waals surface area contributed by atoms with Crippen LogP contribution in [0.4, 0.5) is 5.69 Å². The van der Waals surface area contributed by atoms with Crippen molar-refractivity contribution in [3.05, 3.63) is 29.3 Å². The van der Waals surface area contributed by atoms with Gasteiger partial charge in [0.15, 0.2) is 0 Å². The zero-order valence-electron chi connectivity index (χ0n) is 11.1. The number of benzene rings is 1. The number of rotatable bonds is 3. The highest BCUT2D eigenvalue weighted by Gasteiger charge is 2.33. The van der Waals surface area contributed by atoms with E-state index in [9.17, 15) is 9.90 Å². The zero-order chi connectivity index (χ0) is 13.9. The van der Waals surface area contributed by atoms with E-state index in [-0.39, 0.29) is 12.3 Å². The van der Waals surface area contributed by atoms with Crippen molar-refractivity contribution in [2.24, 2.45) is 0 Å². The summed E-state index contributed by atoms with van der Waals surface area (Å²) in [5.41, 5.74) is 1.22. The van der Waals surface area contributed by atoms with E-state index in [0.717, 1.165) is 18.4 Å². The lowest BCUT2D eigenvalue weighted by atomic mass is 9.97. The van der Waals surface area contributed by atoms with Gasteiger partial charge in [0.25, 0.3) is 0 Å². The number of aliphatic hydroxyl groups is 1. The molecule has 1 aliphatic carbocycles. The van der Waals surface area contributed by atoms with Crippen molar-refractivity contribution < 1.29 is 9.90 Å². The number of hydrogen-bond acceptors (Lipinski definition) is 3. The Morgan fingerprint density at radius 1 is 1.47 bits per heavy atom. The Hall–Kier alpha value is -1.86. The molecule has 1 amide bonds. The smallest absolute Gasteiger partial charge is 0.227 e. The maximum atomic E-state index is 12.0. The minimum absolute atomic E-state index is 0.128. The topological polar surface area (TPSA) is 73.1 Å². The van der Waals surface area contributed by atoms with Gasteiger partial charge in [0.05, 0.1) is 23.7 Å². The highest BCUT2D eigenvalue weighted by atomic mass is 16.3. The Morgan fingerprint density at radius 2 is 2.16 bits per heavy atom. The normalized spacial score (nSPS) is 16.9. The average molecular weight is 258 g/mol. The Kier molecular flexibility index (Phi) is 3.87. The first-order valence-electron chi connectivity index (χ1n) is 6.55. The molecule has 0 unspecified atom stereocenters. The fourth-order valence-electron chi connectivity index (χ4n) is 2.53. The monoisotopic (exact) mass is 258 g/mol. The first-order chi connectivity index (χ1) is 9.02. The molecule has 1 saturated carbocycles. The van der Waals surface area contributed by atoms with Gasteiger partial charge in [-0.2, -0.15) is 5.26 Å². The van der Waals surface area contributed by atoms with Crippen LogP contribution in [-0.4, -0.2) is 16.6 Å². The first kappa shape index (κ1) is 13.6. The molecular formula is C15H18N2O2. The van der Waals surface area contributed by atoms with Crippen LogP contribution in [0, 0.1) is 18.3 Å². The van der Waals surface area contributed by atoms with Gasteiger partial charge in [0, 0.05) is 5.69 Å². The fourth-order valence-corrected chi connectivity index (χ4v) is 2.53. The number of carbonyl (C=O) groups excluding carboxylic acids is 1. The summed E-state index contributed by atoms with van der Waals surface area (Å²) in [5, 5.41) is 21.8. The molecule has 4 heteroatoms. The van der Waals surface area contributed by atoms with Gasteiger partial charge in [0.1, 0.15) is 0 Å². The molecule has 1 aliphatic rings. The zero-order valence-corrected chi connectivity index (χ0v) is 11.1. The van der Waals surface area contributed by atoms with E-state index in [1.165, 1.54) is 0 Å². The lowest BCUT2D eigenvalue weighted by Gasteiger charge is -2.21. The van der Waals surface area contributed by atoms with E-state index >= 15 is 0 Å². The molecule has 0 heterocycles. The van der Waals surface area contributed by atoms with Gasteiger partial charge in [-0.25, -0.2) is 0 Å². The number of carbonyl (C=O) groups is 1. The van der Waals surface area contributed by atoms with Crippen LogP contribution in [0.15, 0.2) is 18.2 Å². The Balaban J connectivity index is 2.04. The molecule has 0 aromatic heterocycles. The van der Waals surface area contributed by atoms with Crippen LogP contribution in [0.3, 0.4) is 0 Å². The van der Waals surface area contributed by atoms with E-state index in [0.29, 0.717) is 24.1 Å². The predicted octanol–water partition coefficient (Wildman–Crippen LogP) is 2.50. The van der Waals surface area contributed by atoms with Crippen LogP contribution in [-0.2, 0) is 4.79 Å². The largest absolute Gasteiger partial charge is 0.389 e. The summed E-state index contributed by atoms with van der Waals surface area (Å²) in [6.45, 7) is 1.88. The SMILES string of the molecule is Cc1ccc(C#N)cc1NC(=O)CC1(O)CCCC1. The molecule has 0 atom stereocenters. The van der Waals surface area contributed by atoms with Gasteiger partial charge < -0.3 is 10.4 Å². The van der Waals surface area contributed by atoms with Crippen molar-refractivity contribution in [3.8, 4) is 6.07 Å². The summed E-state index contributed by atoms with van der Waals surface area (Å²) in [6.07, 6.45) is 3.47. The van der Waals surface area contributed by atoms with Gasteiger partial charge in [-0.15, -0.1) is 0 Å². The third-order valence-electron chi connectivity index (χ3n) is 3.66.